The van der Waals surface area contributed by atoms with E-state index in [1.54, 1.807) is 0 Å². The van der Waals surface area contributed by atoms with Crippen LogP contribution in [0, 0.1) is 6.92 Å². The third kappa shape index (κ3) is 5.72. The Kier molecular flexibility index (Phi) is 7.61. The molecule has 3 heteroatoms. The van der Waals surface area contributed by atoms with Crippen LogP contribution >= 0.6 is 0 Å². The molecule has 3 aromatic rings. The zero-order valence-electron chi connectivity index (χ0n) is 20.2. The highest BCUT2D eigenvalue weighted by Crippen LogP contribution is 2.30. The first-order chi connectivity index (χ1) is 16.0. The molecule has 33 heavy (non-hydrogen) atoms. The number of likely N-dealkylation sites (tertiary alicyclic amines) is 1. The predicted octanol–water partition coefficient (Wildman–Crippen LogP) is 6.11. The van der Waals surface area contributed by atoms with Crippen molar-refractivity contribution < 1.29 is 4.79 Å². The Labute approximate surface area is 198 Å². The first kappa shape index (κ1) is 23.3. The number of amides is 1. The van der Waals surface area contributed by atoms with Crippen LogP contribution in [0.25, 0.3) is 11.1 Å². The Morgan fingerprint density at radius 3 is 2.36 bits per heavy atom. The van der Waals surface area contributed by atoms with Gasteiger partial charge in [0.15, 0.2) is 0 Å². The lowest BCUT2D eigenvalue weighted by atomic mass is 9.93. The Bertz CT molecular complexity index is 1070. The van der Waals surface area contributed by atoms with Gasteiger partial charge in [-0.15, -0.1) is 0 Å². The van der Waals surface area contributed by atoms with Gasteiger partial charge in [-0.25, -0.2) is 0 Å². The van der Waals surface area contributed by atoms with Crippen molar-refractivity contribution >= 4 is 5.91 Å². The van der Waals surface area contributed by atoms with Crippen LogP contribution in [0.4, 0.5) is 0 Å². The second-order valence-electron chi connectivity index (χ2n) is 9.29. The molecule has 1 N–H and O–H groups in total. The average Bonchev–Trinajstić information content (AvgIpc) is 2.85. The first-order valence-corrected chi connectivity index (χ1v) is 12.3. The van der Waals surface area contributed by atoms with Crippen LogP contribution < -0.4 is 5.32 Å². The quantitative estimate of drug-likeness (QED) is 0.481. The summed E-state index contributed by atoms with van der Waals surface area (Å²) in [6.45, 7) is 8.64. The van der Waals surface area contributed by atoms with Gasteiger partial charge in [0.2, 0.25) is 5.91 Å². The number of hydrogen-bond acceptors (Lipinski definition) is 2. The molecular formula is C30H36N2O. The molecule has 172 valence electrons. The monoisotopic (exact) mass is 440 g/mol. The molecule has 4 rings (SSSR count). The summed E-state index contributed by atoms with van der Waals surface area (Å²) in [5, 5.41) is 3.27. The van der Waals surface area contributed by atoms with Crippen molar-refractivity contribution in [1.82, 2.24) is 10.2 Å². The second-order valence-corrected chi connectivity index (χ2v) is 9.29. The lowest BCUT2D eigenvalue weighted by molar-refractivity contribution is -0.121. The zero-order chi connectivity index (χ0) is 23.2. The van der Waals surface area contributed by atoms with Crippen LogP contribution in [0.2, 0.25) is 0 Å². The minimum atomic E-state index is 0.139. The van der Waals surface area contributed by atoms with Gasteiger partial charge in [-0.1, -0.05) is 79.7 Å². The predicted molar refractivity (Wildman–Crippen MR) is 137 cm³/mol. The van der Waals surface area contributed by atoms with Gasteiger partial charge in [0.25, 0.3) is 0 Å². The topological polar surface area (TPSA) is 32.3 Å². The molecule has 0 aliphatic carbocycles. The van der Waals surface area contributed by atoms with E-state index in [9.17, 15) is 4.79 Å². The van der Waals surface area contributed by atoms with Crippen LogP contribution in [0.3, 0.4) is 0 Å². The molecule has 1 aliphatic rings. The second kappa shape index (κ2) is 10.8. The smallest absolute Gasteiger partial charge is 0.224 e. The molecule has 0 bridgehead atoms. The molecule has 1 saturated heterocycles. The number of piperidine rings is 1. The minimum Gasteiger partial charge on any atom is -0.353 e. The molecule has 3 aromatic carbocycles. The summed E-state index contributed by atoms with van der Waals surface area (Å²) in [5.41, 5.74) is 7.71. The van der Waals surface area contributed by atoms with E-state index in [2.05, 4.69) is 85.6 Å². The van der Waals surface area contributed by atoms with E-state index in [4.69, 9.17) is 0 Å². The van der Waals surface area contributed by atoms with Gasteiger partial charge < -0.3 is 5.32 Å². The molecular weight excluding hydrogens is 404 g/mol. The van der Waals surface area contributed by atoms with Crippen LogP contribution in [-0.4, -0.2) is 29.9 Å². The number of hydrogen-bond donors (Lipinski definition) is 1. The van der Waals surface area contributed by atoms with E-state index in [1.165, 1.54) is 27.8 Å². The number of aryl methyl sites for hydroxylation is 2. The van der Waals surface area contributed by atoms with E-state index in [0.29, 0.717) is 12.5 Å². The van der Waals surface area contributed by atoms with Crippen molar-refractivity contribution in [3.63, 3.8) is 0 Å². The number of nitrogens with one attached hydrogen (secondary N) is 1. The maximum absolute atomic E-state index is 12.6. The maximum atomic E-state index is 12.6. The van der Waals surface area contributed by atoms with Crippen molar-refractivity contribution in [2.24, 2.45) is 0 Å². The van der Waals surface area contributed by atoms with Gasteiger partial charge in [0.1, 0.15) is 0 Å². The largest absolute Gasteiger partial charge is 0.353 e. The van der Waals surface area contributed by atoms with E-state index in [0.717, 1.165) is 37.9 Å². The SMILES string of the molecule is CCc1cc(C(C)N2CCC(NC(=O)Cc3ccccc3C)CC2)ccc1-c1ccccc1. The first-order valence-electron chi connectivity index (χ1n) is 12.3. The van der Waals surface area contributed by atoms with Gasteiger partial charge >= 0.3 is 0 Å². The minimum absolute atomic E-state index is 0.139. The van der Waals surface area contributed by atoms with Crippen molar-refractivity contribution in [3.8, 4) is 11.1 Å². The number of nitrogens with zero attached hydrogens (tertiary/aromatic N) is 1. The highest BCUT2D eigenvalue weighted by Gasteiger charge is 2.25. The fourth-order valence-electron chi connectivity index (χ4n) is 4.97. The van der Waals surface area contributed by atoms with Crippen LogP contribution in [-0.2, 0) is 17.6 Å². The van der Waals surface area contributed by atoms with E-state index in [1.807, 2.05) is 18.2 Å². The summed E-state index contributed by atoms with van der Waals surface area (Å²) in [4.78, 5) is 15.1. The Balaban J connectivity index is 1.34. The van der Waals surface area contributed by atoms with Crippen molar-refractivity contribution in [2.75, 3.05) is 13.1 Å². The standard InChI is InChI=1S/C30H36N2O/c1-4-24-20-27(14-15-29(24)25-11-6-5-7-12-25)23(3)32-18-16-28(17-19-32)31-30(33)21-26-13-9-8-10-22(26)2/h5-15,20,23,28H,4,16-19,21H2,1-3H3,(H,31,33). The highest BCUT2D eigenvalue weighted by molar-refractivity contribution is 5.79. The average molecular weight is 441 g/mol. The van der Waals surface area contributed by atoms with Crippen LogP contribution in [0.1, 0.15) is 55.0 Å². The number of rotatable bonds is 7. The van der Waals surface area contributed by atoms with Gasteiger partial charge in [-0.2, -0.15) is 0 Å². The summed E-state index contributed by atoms with van der Waals surface area (Å²) in [6.07, 6.45) is 3.51. The molecule has 1 amide bonds. The fourth-order valence-corrected chi connectivity index (χ4v) is 4.97. The van der Waals surface area contributed by atoms with Gasteiger partial charge in [0.05, 0.1) is 6.42 Å². The molecule has 1 fully saturated rings. The Hall–Kier alpha value is -2.91. The van der Waals surface area contributed by atoms with Crippen molar-refractivity contribution in [3.05, 3.63) is 95.1 Å². The zero-order valence-corrected chi connectivity index (χ0v) is 20.2. The van der Waals surface area contributed by atoms with E-state index >= 15 is 0 Å². The van der Waals surface area contributed by atoms with Crippen LogP contribution in [0.15, 0.2) is 72.8 Å². The summed E-state index contributed by atoms with van der Waals surface area (Å²) in [5.74, 6) is 0.139. The lowest BCUT2D eigenvalue weighted by Crippen LogP contribution is -2.45. The third-order valence-corrected chi connectivity index (χ3v) is 7.13. The molecule has 1 heterocycles. The highest BCUT2D eigenvalue weighted by atomic mass is 16.1. The molecule has 1 atom stereocenters. The normalized spacial score (nSPS) is 15.8. The summed E-state index contributed by atoms with van der Waals surface area (Å²) >= 11 is 0. The third-order valence-electron chi connectivity index (χ3n) is 7.13. The molecule has 1 unspecified atom stereocenters. The summed E-state index contributed by atoms with van der Waals surface area (Å²) in [7, 11) is 0. The number of carbonyl (C=O) groups excluding carboxylic acids is 1. The van der Waals surface area contributed by atoms with Gasteiger partial charge in [0, 0.05) is 25.2 Å². The lowest BCUT2D eigenvalue weighted by Gasteiger charge is -2.36. The molecule has 0 saturated carbocycles. The number of benzene rings is 3. The molecule has 0 spiro atoms. The van der Waals surface area contributed by atoms with Crippen LogP contribution in [0.5, 0.6) is 0 Å². The van der Waals surface area contributed by atoms with Crippen molar-refractivity contribution in [1.29, 1.82) is 0 Å². The van der Waals surface area contributed by atoms with Gasteiger partial charge in [-0.05, 0) is 66.5 Å². The van der Waals surface area contributed by atoms with E-state index < -0.39 is 0 Å². The summed E-state index contributed by atoms with van der Waals surface area (Å²) < 4.78 is 0. The Morgan fingerprint density at radius 1 is 0.970 bits per heavy atom. The fraction of sp³-hybridized carbons (Fsp3) is 0.367. The maximum Gasteiger partial charge on any atom is 0.224 e. The molecule has 0 radical (unpaired) electrons. The van der Waals surface area contributed by atoms with Crippen molar-refractivity contribution in [2.45, 2.75) is 58.5 Å². The molecule has 0 aromatic heterocycles. The van der Waals surface area contributed by atoms with E-state index in [-0.39, 0.29) is 11.9 Å². The molecule has 3 nitrogen and oxygen atoms in total. The van der Waals surface area contributed by atoms with Gasteiger partial charge in [-0.3, -0.25) is 9.69 Å². The Morgan fingerprint density at radius 2 is 1.67 bits per heavy atom. The number of carbonyl (C=O) groups is 1. The molecule has 1 aliphatic heterocycles. The summed E-state index contributed by atoms with van der Waals surface area (Å²) in [6, 6.07) is 26.4.